The first-order chi connectivity index (χ1) is 14.9. The highest BCUT2D eigenvalue weighted by atomic mass is 32.2. The molecule has 1 N–H and O–H groups in total. The first-order valence-electron chi connectivity index (χ1n) is 10.7. The Morgan fingerprint density at radius 2 is 1.90 bits per heavy atom. The largest absolute Gasteiger partial charge is 0.302 e. The molecule has 3 aromatic rings. The van der Waals surface area contributed by atoms with Crippen LogP contribution in [0.25, 0.3) is 10.2 Å². The number of rotatable bonds is 4. The molecule has 2 heterocycles. The van der Waals surface area contributed by atoms with E-state index < -0.39 is 10.0 Å². The van der Waals surface area contributed by atoms with E-state index in [4.69, 9.17) is 0 Å². The first kappa shape index (κ1) is 20.6. The average Bonchev–Trinajstić information content (AvgIpc) is 3.40. The summed E-state index contributed by atoms with van der Waals surface area (Å²) in [6.45, 7) is 2.72. The fourth-order valence-electron chi connectivity index (χ4n) is 4.56. The summed E-state index contributed by atoms with van der Waals surface area (Å²) in [4.78, 5) is 17.7. The number of thiazole rings is 1. The molecule has 162 valence electrons. The molecule has 1 amide bonds. The van der Waals surface area contributed by atoms with Crippen molar-refractivity contribution in [2.75, 3.05) is 18.4 Å². The first-order valence-corrected chi connectivity index (χ1v) is 13.0. The number of piperidine rings is 1. The van der Waals surface area contributed by atoms with E-state index in [1.165, 1.54) is 21.2 Å². The molecular weight excluding hydrogens is 430 g/mol. The Bertz CT molecular complexity index is 1260. The van der Waals surface area contributed by atoms with Crippen LogP contribution in [0.1, 0.15) is 36.0 Å². The number of nitrogens with zero attached hydrogens (tertiary/aromatic N) is 2. The second-order valence-electron chi connectivity index (χ2n) is 8.39. The van der Waals surface area contributed by atoms with Gasteiger partial charge < -0.3 is 5.32 Å². The zero-order chi connectivity index (χ0) is 21.6. The van der Waals surface area contributed by atoms with E-state index >= 15 is 0 Å². The van der Waals surface area contributed by atoms with Crippen LogP contribution in [-0.4, -0.2) is 36.7 Å². The quantitative estimate of drug-likeness (QED) is 0.641. The summed E-state index contributed by atoms with van der Waals surface area (Å²) in [6, 6.07) is 11.5. The Morgan fingerprint density at radius 1 is 1.13 bits per heavy atom. The number of hydrogen-bond acceptors (Lipinski definition) is 5. The maximum Gasteiger partial charge on any atom is 0.243 e. The zero-order valence-electron chi connectivity index (χ0n) is 17.4. The number of hydrogen-bond donors (Lipinski definition) is 1. The van der Waals surface area contributed by atoms with Gasteiger partial charge in [0.2, 0.25) is 15.9 Å². The van der Waals surface area contributed by atoms with Crippen LogP contribution in [0.4, 0.5) is 5.13 Å². The molecule has 5 rings (SSSR count). The van der Waals surface area contributed by atoms with Gasteiger partial charge in [-0.3, -0.25) is 4.79 Å². The third-order valence-electron chi connectivity index (χ3n) is 6.38. The zero-order valence-corrected chi connectivity index (χ0v) is 19.1. The number of carbonyl (C=O) groups is 1. The van der Waals surface area contributed by atoms with Crippen LogP contribution in [0.3, 0.4) is 0 Å². The molecular formula is C23H25N3O3S2. The Morgan fingerprint density at radius 3 is 2.68 bits per heavy atom. The number of amides is 1. The second kappa shape index (κ2) is 8.00. The van der Waals surface area contributed by atoms with Gasteiger partial charge >= 0.3 is 0 Å². The van der Waals surface area contributed by atoms with Crippen LogP contribution in [-0.2, 0) is 27.7 Å². The molecule has 0 saturated carbocycles. The molecule has 8 heteroatoms. The van der Waals surface area contributed by atoms with Crippen molar-refractivity contribution in [1.29, 1.82) is 0 Å². The van der Waals surface area contributed by atoms with E-state index in [1.54, 1.807) is 6.07 Å². The standard InChI is InChI=1S/C23H25N3O3S2/c1-15-4-2-7-20-21(15)24-23(30-20)25-22(27)17-10-12-26(13-11-17)31(28,29)19-9-8-16-5-3-6-18(16)14-19/h2,4,7-9,14,17H,3,5-6,10-13H2,1H3,(H,24,25,27). The fraction of sp³-hybridized carbons (Fsp3) is 0.391. The molecule has 2 aliphatic rings. The van der Waals surface area contributed by atoms with Gasteiger partial charge in [0.05, 0.1) is 15.1 Å². The Labute approximate surface area is 186 Å². The second-order valence-corrected chi connectivity index (χ2v) is 11.4. The number of fused-ring (bicyclic) bond motifs is 2. The lowest BCUT2D eigenvalue weighted by Gasteiger charge is -2.30. The van der Waals surface area contributed by atoms with Crippen LogP contribution < -0.4 is 5.32 Å². The van der Waals surface area contributed by atoms with Crippen LogP contribution in [0.5, 0.6) is 0 Å². The van der Waals surface area contributed by atoms with Crippen LogP contribution in [0, 0.1) is 12.8 Å². The number of benzene rings is 2. The number of nitrogens with one attached hydrogen (secondary N) is 1. The minimum atomic E-state index is -3.52. The third-order valence-corrected chi connectivity index (χ3v) is 9.21. The van der Waals surface area contributed by atoms with Crippen molar-refractivity contribution >= 4 is 42.6 Å². The van der Waals surface area contributed by atoms with Gasteiger partial charge in [-0.25, -0.2) is 13.4 Å². The highest BCUT2D eigenvalue weighted by molar-refractivity contribution is 7.89. The molecule has 1 aliphatic heterocycles. The van der Waals surface area contributed by atoms with Crippen LogP contribution >= 0.6 is 11.3 Å². The summed E-state index contributed by atoms with van der Waals surface area (Å²) in [7, 11) is -3.52. The van der Waals surface area contributed by atoms with Crippen molar-refractivity contribution in [3.05, 3.63) is 53.1 Å². The van der Waals surface area contributed by atoms with E-state index in [0.717, 1.165) is 40.6 Å². The molecule has 1 saturated heterocycles. The lowest BCUT2D eigenvalue weighted by molar-refractivity contribution is -0.120. The number of aryl methyl sites for hydroxylation is 3. The number of carbonyl (C=O) groups excluding carboxylic acids is 1. The summed E-state index contributed by atoms with van der Waals surface area (Å²) in [5.74, 6) is -0.286. The summed E-state index contributed by atoms with van der Waals surface area (Å²) in [6.07, 6.45) is 4.10. The van der Waals surface area contributed by atoms with Gasteiger partial charge in [0, 0.05) is 19.0 Å². The molecule has 0 unspecified atom stereocenters. The minimum Gasteiger partial charge on any atom is -0.302 e. The maximum atomic E-state index is 13.1. The Balaban J connectivity index is 1.24. The minimum absolute atomic E-state index is 0.0775. The number of para-hydroxylation sites is 1. The SMILES string of the molecule is Cc1cccc2sc(NC(=O)C3CCN(S(=O)(=O)c4ccc5c(c4)CCC5)CC3)nc12. The molecule has 0 radical (unpaired) electrons. The summed E-state index contributed by atoms with van der Waals surface area (Å²) < 4.78 is 28.8. The van der Waals surface area contributed by atoms with Gasteiger partial charge in [-0.2, -0.15) is 4.31 Å². The molecule has 0 spiro atoms. The van der Waals surface area contributed by atoms with Crippen molar-refractivity contribution in [2.45, 2.75) is 43.9 Å². The van der Waals surface area contributed by atoms with Gasteiger partial charge in [0.25, 0.3) is 0 Å². The fourth-order valence-corrected chi connectivity index (χ4v) is 7.03. The van der Waals surface area contributed by atoms with Crippen molar-refractivity contribution in [2.24, 2.45) is 5.92 Å². The maximum absolute atomic E-state index is 13.1. The van der Waals surface area contributed by atoms with Crippen LogP contribution in [0.15, 0.2) is 41.3 Å². The highest BCUT2D eigenvalue weighted by Crippen LogP contribution is 2.31. The lowest BCUT2D eigenvalue weighted by atomic mass is 9.97. The number of anilines is 1. The predicted octanol–water partition coefficient (Wildman–Crippen LogP) is 4.13. The van der Waals surface area contributed by atoms with Gasteiger partial charge in [-0.1, -0.05) is 29.5 Å². The van der Waals surface area contributed by atoms with Gasteiger partial charge in [0.1, 0.15) is 0 Å². The van der Waals surface area contributed by atoms with E-state index in [1.807, 2.05) is 37.3 Å². The molecule has 31 heavy (non-hydrogen) atoms. The van der Waals surface area contributed by atoms with Crippen molar-refractivity contribution < 1.29 is 13.2 Å². The average molecular weight is 456 g/mol. The summed E-state index contributed by atoms with van der Waals surface area (Å²) >= 11 is 1.47. The van der Waals surface area contributed by atoms with Gasteiger partial charge in [0.15, 0.2) is 5.13 Å². The predicted molar refractivity (Wildman–Crippen MR) is 123 cm³/mol. The Hall–Kier alpha value is -2.29. The molecule has 1 fully saturated rings. The summed E-state index contributed by atoms with van der Waals surface area (Å²) in [5, 5.41) is 3.54. The van der Waals surface area contributed by atoms with Gasteiger partial charge in [-0.15, -0.1) is 0 Å². The van der Waals surface area contributed by atoms with Gasteiger partial charge in [-0.05, 0) is 73.9 Å². The normalized spacial score (nSPS) is 17.7. The van der Waals surface area contributed by atoms with E-state index in [9.17, 15) is 13.2 Å². The molecule has 6 nitrogen and oxygen atoms in total. The molecule has 1 aliphatic carbocycles. The molecule has 1 aromatic heterocycles. The van der Waals surface area contributed by atoms with Crippen molar-refractivity contribution in [3.8, 4) is 0 Å². The van der Waals surface area contributed by atoms with E-state index in [-0.39, 0.29) is 11.8 Å². The third kappa shape index (κ3) is 3.88. The Kier molecular flexibility index (Phi) is 5.32. The van der Waals surface area contributed by atoms with E-state index in [0.29, 0.717) is 36.0 Å². The van der Waals surface area contributed by atoms with Crippen LogP contribution in [0.2, 0.25) is 0 Å². The number of aromatic nitrogens is 1. The highest BCUT2D eigenvalue weighted by Gasteiger charge is 2.33. The monoisotopic (exact) mass is 455 g/mol. The van der Waals surface area contributed by atoms with E-state index in [2.05, 4.69) is 10.3 Å². The molecule has 0 bridgehead atoms. The lowest BCUT2D eigenvalue weighted by Crippen LogP contribution is -2.41. The molecule has 0 atom stereocenters. The van der Waals surface area contributed by atoms with Crippen molar-refractivity contribution in [1.82, 2.24) is 9.29 Å². The topological polar surface area (TPSA) is 79.4 Å². The smallest absolute Gasteiger partial charge is 0.243 e. The molecule has 2 aromatic carbocycles. The number of sulfonamides is 1. The summed E-state index contributed by atoms with van der Waals surface area (Å²) in [5.41, 5.74) is 4.41. The van der Waals surface area contributed by atoms with Crippen molar-refractivity contribution in [3.63, 3.8) is 0 Å².